The maximum atomic E-state index is 13.0. The van der Waals surface area contributed by atoms with Gasteiger partial charge in [-0.1, -0.05) is 12.1 Å². The van der Waals surface area contributed by atoms with Gasteiger partial charge in [0.05, 0.1) is 12.4 Å². The van der Waals surface area contributed by atoms with Gasteiger partial charge in [0.15, 0.2) is 0 Å². The molecular weight excluding hydrogens is 259 g/mol. The molecule has 1 aromatic carbocycles. The Morgan fingerprint density at radius 2 is 2.15 bits per heavy atom. The zero-order chi connectivity index (χ0) is 14.4. The third-order valence-electron chi connectivity index (χ3n) is 2.73. The lowest BCUT2D eigenvalue weighted by Gasteiger charge is -2.05. The molecule has 104 valence electrons. The second-order valence-corrected chi connectivity index (χ2v) is 4.17. The molecule has 0 radical (unpaired) electrons. The van der Waals surface area contributed by atoms with Gasteiger partial charge in [0.1, 0.15) is 17.3 Å². The van der Waals surface area contributed by atoms with Gasteiger partial charge in [0.25, 0.3) is 5.91 Å². The first-order chi connectivity index (χ1) is 9.69. The van der Waals surface area contributed by atoms with Crippen LogP contribution in [0.15, 0.2) is 36.7 Å². The molecule has 5 nitrogen and oxygen atoms in total. The molecule has 0 spiro atoms. The molecule has 2 N–H and O–H groups in total. The van der Waals surface area contributed by atoms with Crippen molar-refractivity contribution in [3.8, 4) is 0 Å². The molecule has 1 amide bonds. The van der Waals surface area contributed by atoms with Crippen molar-refractivity contribution in [2.45, 2.75) is 6.42 Å². The molecule has 2 rings (SSSR count). The van der Waals surface area contributed by atoms with E-state index in [0.29, 0.717) is 18.8 Å². The fraction of sp³-hybridized carbons (Fsp3) is 0.214. The van der Waals surface area contributed by atoms with E-state index < -0.39 is 0 Å². The summed E-state index contributed by atoms with van der Waals surface area (Å²) in [5.41, 5.74) is 1.09. The van der Waals surface area contributed by atoms with Crippen molar-refractivity contribution in [1.82, 2.24) is 15.3 Å². The summed E-state index contributed by atoms with van der Waals surface area (Å²) in [5, 5.41) is 5.54. The first-order valence-corrected chi connectivity index (χ1v) is 6.21. The number of hydrogen-bond acceptors (Lipinski definition) is 4. The predicted molar refractivity (Wildman–Crippen MR) is 74.0 cm³/mol. The minimum Gasteiger partial charge on any atom is -0.372 e. The highest BCUT2D eigenvalue weighted by Gasteiger charge is 2.07. The normalized spacial score (nSPS) is 10.1. The summed E-state index contributed by atoms with van der Waals surface area (Å²) in [4.78, 5) is 19.8. The molecular formula is C14H15FN4O. The number of aromatic nitrogens is 2. The van der Waals surface area contributed by atoms with Crippen molar-refractivity contribution in [2.75, 3.05) is 18.9 Å². The van der Waals surface area contributed by atoms with Crippen molar-refractivity contribution in [3.05, 3.63) is 53.7 Å². The number of carbonyl (C=O) groups excluding carboxylic acids is 1. The summed E-state index contributed by atoms with van der Waals surface area (Å²) in [6.45, 7) is 0.414. The smallest absolute Gasteiger partial charge is 0.271 e. The number of nitrogens with one attached hydrogen (secondary N) is 2. The Hall–Kier alpha value is -2.50. The summed E-state index contributed by atoms with van der Waals surface area (Å²) in [6.07, 6.45) is 3.45. The highest BCUT2D eigenvalue weighted by molar-refractivity contribution is 5.91. The SMILES string of the molecule is CNc1cnc(C(=O)NCCc2cccc(F)c2)cn1. The molecule has 0 saturated carbocycles. The van der Waals surface area contributed by atoms with Gasteiger partial charge in [-0.2, -0.15) is 0 Å². The summed E-state index contributed by atoms with van der Waals surface area (Å²) < 4.78 is 13.0. The van der Waals surface area contributed by atoms with Crippen LogP contribution in [-0.2, 0) is 6.42 Å². The minimum atomic E-state index is -0.295. The molecule has 1 aromatic heterocycles. The monoisotopic (exact) mass is 274 g/mol. The molecule has 0 saturated heterocycles. The number of amides is 1. The van der Waals surface area contributed by atoms with E-state index in [0.717, 1.165) is 5.56 Å². The summed E-state index contributed by atoms with van der Waals surface area (Å²) in [7, 11) is 1.72. The first-order valence-electron chi connectivity index (χ1n) is 6.21. The van der Waals surface area contributed by atoms with Gasteiger partial charge in [-0.3, -0.25) is 4.79 Å². The highest BCUT2D eigenvalue weighted by Crippen LogP contribution is 2.04. The summed E-state index contributed by atoms with van der Waals surface area (Å²) >= 11 is 0. The Kier molecular flexibility index (Phi) is 4.60. The van der Waals surface area contributed by atoms with Gasteiger partial charge in [0, 0.05) is 13.6 Å². The molecule has 0 aliphatic carbocycles. The predicted octanol–water partition coefficient (Wildman–Crippen LogP) is 1.63. The molecule has 20 heavy (non-hydrogen) atoms. The molecule has 0 atom stereocenters. The van der Waals surface area contributed by atoms with E-state index in [2.05, 4.69) is 20.6 Å². The molecule has 0 aliphatic rings. The lowest BCUT2D eigenvalue weighted by molar-refractivity contribution is 0.0949. The quantitative estimate of drug-likeness (QED) is 0.869. The summed E-state index contributed by atoms with van der Waals surface area (Å²) in [6, 6.07) is 6.31. The molecule has 6 heteroatoms. The van der Waals surface area contributed by atoms with Crippen LogP contribution in [0.4, 0.5) is 10.2 Å². The van der Waals surface area contributed by atoms with E-state index in [1.807, 2.05) is 6.07 Å². The van der Waals surface area contributed by atoms with E-state index >= 15 is 0 Å². The molecule has 0 bridgehead atoms. The lowest BCUT2D eigenvalue weighted by Crippen LogP contribution is -2.26. The van der Waals surface area contributed by atoms with E-state index in [-0.39, 0.29) is 17.4 Å². The number of hydrogen-bond donors (Lipinski definition) is 2. The van der Waals surface area contributed by atoms with Crippen molar-refractivity contribution in [3.63, 3.8) is 0 Å². The van der Waals surface area contributed by atoms with Gasteiger partial charge in [-0.15, -0.1) is 0 Å². The minimum absolute atomic E-state index is 0.253. The lowest BCUT2D eigenvalue weighted by atomic mass is 10.1. The molecule has 0 unspecified atom stereocenters. The van der Waals surface area contributed by atoms with Crippen molar-refractivity contribution < 1.29 is 9.18 Å². The van der Waals surface area contributed by atoms with Crippen LogP contribution in [0.5, 0.6) is 0 Å². The van der Waals surface area contributed by atoms with Gasteiger partial charge in [0.2, 0.25) is 0 Å². The van der Waals surface area contributed by atoms with Crippen LogP contribution in [0.2, 0.25) is 0 Å². The number of benzene rings is 1. The second kappa shape index (κ2) is 6.60. The molecule has 0 fully saturated rings. The zero-order valence-corrected chi connectivity index (χ0v) is 11.1. The zero-order valence-electron chi connectivity index (χ0n) is 11.1. The third-order valence-corrected chi connectivity index (χ3v) is 2.73. The topological polar surface area (TPSA) is 66.9 Å². The number of rotatable bonds is 5. The van der Waals surface area contributed by atoms with E-state index in [1.54, 1.807) is 13.1 Å². The molecule has 0 aliphatic heterocycles. The third kappa shape index (κ3) is 3.74. The largest absolute Gasteiger partial charge is 0.372 e. The number of nitrogens with zero attached hydrogens (tertiary/aromatic N) is 2. The Bertz CT molecular complexity index is 586. The van der Waals surface area contributed by atoms with Gasteiger partial charge in [-0.05, 0) is 24.1 Å². The highest BCUT2D eigenvalue weighted by atomic mass is 19.1. The van der Waals surface area contributed by atoms with Crippen LogP contribution in [0.3, 0.4) is 0 Å². The molecule has 2 aromatic rings. The van der Waals surface area contributed by atoms with E-state index in [9.17, 15) is 9.18 Å². The number of carbonyl (C=O) groups is 1. The van der Waals surface area contributed by atoms with Crippen LogP contribution in [-0.4, -0.2) is 29.5 Å². The number of halogens is 1. The van der Waals surface area contributed by atoms with Crippen molar-refractivity contribution in [1.29, 1.82) is 0 Å². The van der Waals surface area contributed by atoms with Crippen LogP contribution < -0.4 is 10.6 Å². The second-order valence-electron chi connectivity index (χ2n) is 4.17. The Balaban J connectivity index is 1.85. The van der Waals surface area contributed by atoms with Crippen LogP contribution in [0.25, 0.3) is 0 Å². The maximum Gasteiger partial charge on any atom is 0.271 e. The average molecular weight is 274 g/mol. The Morgan fingerprint density at radius 3 is 2.80 bits per heavy atom. The van der Waals surface area contributed by atoms with Crippen LogP contribution in [0.1, 0.15) is 16.1 Å². The van der Waals surface area contributed by atoms with Gasteiger partial charge < -0.3 is 10.6 Å². The fourth-order valence-corrected chi connectivity index (χ4v) is 1.68. The van der Waals surface area contributed by atoms with Crippen molar-refractivity contribution in [2.24, 2.45) is 0 Å². The van der Waals surface area contributed by atoms with E-state index in [4.69, 9.17) is 0 Å². The van der Waals surface area contributed by atoms with Gasteiger partial charge in [-0.25, -0.2) is 14.4 Å². The molecule has 1 heterocycles. The van der Waals surface area contributed by atoms with Crippen molar-refractivity contribution >= 4 is 11.7 Å². The standard InChI is InChI=1S/C14H15FN4O/c1-16-13-9-18-12(8-19-13)14(20)17-6-5-10-3-2-4-11(15)7-10/h2-4,7-9H,5-6H2,1H3,(H,16,19)(H,17,20). The first kappa shape index (κ1) is 13.9. The number of anilines is 1. The Labute approximate surface area is 116 Å². The summed E-state index contributed by atoms with van der Waals surface area (Å²) in [5.74, 6) is 0.0280. The maximum absolute atomic E-state index is 13.0. The van der Waals surface area contributed by atoms with E-state index in [1.165, 1.54) is 24.5 Å². The van der Waals surface area contributed by atoms with Gasteiger partial charge >= 0.3 is 0 Å². The van der Waals surface area contributed by atoms with Crippen LogP contribution in [0, 0.1) is 5.82 Å². The van der Waals surface area contributed by atoms with Crippen LogP contribution >= 0.6 is 0 Å². The Morgan fingerprint density at radius 1 is 1.30 bits per heavy atom. The average Bonchev–Trinajstić information content (AvgIpc) is 2.47. The fourth-order valence-electron chi connectivity index (χ4n) is 1.68.